The van der Waals surface area contributed by atoms with Crippen LogP contribution < -0.4 is 15.2 Å². The fourth-order valence-electron chi connectivity index (χ4n) is 2.67. The van der Waals surface area contributed by atoms with E-state index >= 15 is 0 Å². The van der Waals surface area contributed by atoms with E-state index in [0.29, 0.717) is 5.69 Å². The maximum atomic E-state index is 12.6. The molecule has 0 aromatic heterocycles. The zero-order valence-electron chi connectivity index (χ0n) is 13.4. The molecule has 3 rings (SSSR count). The highest BCUT2D eigenvalue weighted by atomic mass is 32.2. The topological polar surface area (TPSA) is 98.5 Å². The molecule has 0 spiro atoms. The van der Waals surface area contributed by atoms with E-state index in [1.54, 1.807) is 6.07 Å². The van der Waals surface area contributed by atoms with Crippen molar-refractivity contribution in [1.82, 2.24) is 0 Å². The number of amides is 1. The molecule has 24 heavy (non-hydrogen) atoms. The molecule has 1 heterocycles. The first-order valence-corrected chi connectivity index (χ1v) is 8.98. The molecule has 2 aromatic rings. The van der Waals surface area contributed by atoms with E-state index in [2.05, 4.69) is 5.32 Å². The lowest BCUT2D eigenvalue weighted by atomic mass is 9.96. The fourth-order valence-corrected chi connectivity index (χ4v) is 3.23. The predicted molar refractivity (Wildman–Crippen MR) is 90.6 cm³/mol. The Kier molecular flexibility index (Phi) is 4.06. The van der Waals surface area contributed by atoms with E-state index in [9.17, 15) is 13.2 Å². The second kappa shape index (κ2) is 5.92. The van der Waals surface area contributed by atoms with Gasteiger partial charge in [0.05, 0.1) is 4.90 Å². The normalized spacial score (nSPS) is 16.4. The number of carbonyl (C=O) groups is 1. The molecule has 0 unspecified atom stereocenters. The number of benzene rings is 2. The quantitative estimate of drug-likeness (QED) is 0.889. The largest absolute Gasteiger partial charge is 0.492 e. The third-order valence-corrected chi connectivity index (χ3v) is 5.06. The SMILES string of the molecule is Cc1cc2c(cc1C)[C@@H](C(=O)Nc1cccc(S(N)(=O)=O)c1)CO2. The monoisotopic (exact) mass is 346 g/mol. The molecule has 0 saturated heterocycles. The van der Waals surface area contributed by atoms with Gasteiger partial charge in [-0.25, -0.2) is 13.6 Å². The van der Waals surface area contributed by atoms with Crippen LogP contribution in [0.15, 0.2) is 41.3 Å². The smallest absolute Gasteiger partial charge is 0.238 e. The molecule has 0 fully saturated rings. The van der Waals surface area contributed by atoms with Crippen molar-refractivity contribution in [3.8, 4) is 5.75 Å². The Bertz CT molecular complexity index is 922. The van der Waals surface area contributed by atoms with E-state index in [0.717, 1.165) is 22.4 Å². The Morgan fingerprint density at radius 2 is 1.92 bits per heavy atom. The van der Waals surface area contributed by atoms with Crippen LogP contribution in [0.5, 0.6) is 5.75 Å². The molecule has 1 aliphatic rings. The molecule has 0 saturated carbocycles. The lowest BCUT2D eigenvalue weighted by Gasteiger charge is -2.12. The average molecular weight is 346 g/mol. The van der Waals surface area contributed by atoms with Crippen molar-refractivity contribution in [2.75, 3.05) is 11.9 Å². The van der Waals surface area contributed by atoms with Gasteiger partial charge in [0.25, 0.3) is 0 Å². The molecule has 126 valence electrons. The van der Waals surface area contributed by atoms with Crippen molar-refractivity contribution >= 4 is 21.6 Å². The summed E-state index contributed by atoms with van der Waals surface area (Å²) in [6, 6.07) is 9.75. The fraction of sp³-hybridized carbons (Fsp3) is 0.235. The van der Waals surface area contributed by atoms with Crippen LogP contribution in [0, 0.1) is 13.8 Å². The summed E-state index contributed by atoms with van der Waals surface area (Å²) in [6.07, 6.45) is 0. The molecule has 2 aromatic carbocycles. The molecular weight excluding hydrogens is 328 g/mol. The lowest BCUT2D eigenvalue weighted by molar-refractivity contribution is -0.117. The van der Waals surface area contributed by atoms with Gasteiger partial charge in [0.1, 0.15) is 18.3 Å². The standard InChI is InChI=1S/C17H18N2O4S/c1-10-6-14-15(9-23-16(14)7-11(10)2)17(20)19-12-4-3-5-13(8-12)24(18,21)22/h3-8,15H,9H2,1-2H3,(H,19,20)(H2,18,21,22)/t15-/m0/s1. The summed E-state index contributed by atoms with van der Waals surface area (Å²) >= 11 is 0. The van der Waals surface area contributed by atoms with Crippen molar-refractivity contribution in [2.45, 2.75) is 24.7 Å². The zero-order chi connectivity index (χ0) is 17.5. The number of sulfonamides is 1. The summed E-state index contributed by atoms with van der Waals surface area (Å²) in [6.45, 7) is 4.24. The van der Waals surface area contributed by atoms with Crippen molar-refractivity contribution in [3.05, 3.63) is 53.1 Å². The number of rotatable bonds is 3. The van der Waals surface area contributed by atoms with Gasteiger partial charge in [-0.2, -0.15) is 0 Å². The number of primary sulfonamides is 1. The first-order valence-electron chi connectivity index (χ1n) is 7.43. The van der Waals surface area contributed by atoms with Crippen LogP contribution in [-0.2, 0) is 14.8 Å². The van der Waals surface area contributed by atoms with Gasteiger partial charge in [0.2, 0.25) is 15.9 Å². The van der Waals surface area contributed by atoms with Crippen molar-refractivity contribution < 1.29 is 17.9 Å². The second-order valence-electron chi connectivity index (χ2n) is 5.90. The Morgan fingerprint density at radius 1 is 1.21 bits per heavy atom. The van der Waals surface area contributed by atoms with Crippen molar-refractivity contribution in [1.29, 1.82) is 0 Å². The molecule has 0 radical (unpaired) electrons. The van der Waals surface area contributed by atoms with Gasteiger partial charge in [-0.05, 0) is 49.2 Å². The summed E-state index contributed by atoms with van der Waals surface area (Å²) in [5.74, 6) is 0.0394. The van der Waals surface area contributed by atoms with Gasteiger partial charge in [0.15, 0.2) is 0 Å². The van der Waals surface area contributed by atoms with Gasteiger partial charge in [-0.1, -0.05) is 12.1 Å². The molecular formula is C17H18N2O4S. The summed E-state index contributed by atoms with van der Waals surface area (Å²) in [5, 5.41) is 7.84. The van der Waals surface area contributed by atoms with E-state index in [1.807, 2.05) is 26.0 Å². The van der Waals surface area contributed by atoms with Crippen LogP contribution in [0.3, 0.4) is 0 Å². The highest BCUT2D eigenvalue weighted by molar-refractivity contribution is 7.89. The van der Waals surface area contributed by atoms with Crippen LogP contribution in [0.25, 0.3) is 0 Å². The number of ether oxygens (including phenoxy) is 1. The molecule has 1 amide bonds. The van der Waals surface area contributed by atoms with Gasteiger partial charge < -0.3 is 10.1 Å². The molecule has 7 heteroatoms. The van der Waals surface area contributed by atoms with Gasteiger partial charge in [-0.15, -0.1) is 0 Å². The van der Waals surface area contributed by atoms with Crippen molar-refractivity contribution in [3.63, 3.8) is 0 Å². The van der Waals surface area contributed by atoms with E-state index in [-0.39, 0.29) is 17.4 Å². The maximum absolute atomic E-state index is 12.6. The molecule has 0 aliphatic carbocycles. The molecule has 0 bridgehead atoms. The average Bonchev–Trinajstić information content (AvgIpc) is 2.90. The van der Waals surface area contributed by atoms with Crippen LogP contribution >= 0.6 is 0 Å². The summed E-state index contributed by atoms with van der Waals surface area (Å²) in [7, 11) is -3.82. The second-order valence-corrected chi connectivity index (χ2v) is 7.46. The van der Waals surface area contributed by atoms with E-state index in [1.165, 1.54) is 18.2 Å². The minimum atomic E-state index is -3.82. The third kappa shape index (κ3) is 3.13. The number of hydrogen-bond acceptors (Lipinski definition) is 4. The Morgan fingerprint density at radius 3 is 2.62 bits per heavy atom. The third-order valence-electron chi connectivity index (χ3n) is 4.15. The maximum Gasteiger partial charge on any atom is 0.238 e. The lowest BCUT2D eigenvalue weighted by Crippen LogP contribution is -2.22. The minimum Gasteiger partial charge on any atom is -0.492 e. The van der Waals surface area contributed by atoms with E-state index < -0.39 is 15.9 Å². The minimum absolute atomic E-state index is 0.0464. The summed E-state index contributed by atoms with van der Waals surface area (Å²) in [4.78, 5) is 12.5. The Balaban J connectivity index is 1.84. The number of aryl methyl sites for hydroxylation is 2. The molecule has 3 N–H and O–H groups in total. The first kappa shape index (κ1) is 16.5. The highest BCUT2D eigenvalue weighted by Crippen LogP contribution is 2.36. The zero-order valence-corrected chi connectivity index (χ0v) is 14.2. The van der Waals surface area contributed by atoms with Crippen LogP contribution in [-0.4, -0.2) is 20.9 Å². The van der Waals surface area contributed by atoms with Gasteiger partial charge in [-0.3, -0.25) is 4.79 Å². The Hall–Kier alpha value is -2.38. The van der Waals surface area contributed by atoms with E-state index in [4.69, 9.17) is 9.88 Å². The number of nitrogens with two attached hydrogens (primary N) is 1. The number of carbonyl (C=O) groups excluding carboxylic acids is 1. The number of fused-ring (bicyclic) bond motifs is 1. The molecule has 1 aliphatic heterocycles. The number of hydrogen-bond donors (Lipinski definition) is 2. The number of nitrogens with one attached hydrogen (secondary N) is 1. The first-order chi connectivity index (χ1) is 11.3. The van der Waals surface area contributed by atoms with Crippen LogP contribution in [0.4, 0.5) is 5.69 Å². The predicted octanol–water partition coefficient (Wildman–Crippen LogP) is 2.07. The summed E-state index contributed by atoms with van der Waals surface area (Å²) in [5.41, 5.74) is 3.42. The van der Waals surface area contributed by atoms with Crippen LogP contribution in [0.2, 0.25) is 0 Å². The summed E-state index contributed by atoms with van der Waals surface area (Å²) < 4.78 is 28.4. The highest BCUT2D eigenvalue weighted by Gasteiger charge is 2.31. The van der Waals surface area contributed by atoms with Crippen LogP contribution in [0.1, 0.15) is 22.6 Å². The molecule has 6 nitrogen and oxygen atoms in total. The van der Waals surface area contributed by atoms with Gasteiger partial charge in [0, 0.05) is 11.3 Å². The van der Waals surface area contributed by atoms with Crippen molar-refractivity contribution in [2.24, 2.45) is 5.14 Å². The van der Waals surface area contributed by atoms with Gasteiger partial charge >= 0.3 is 0 Å². The number of anilines is 1. The molecule has 1 atom stereocenters. The Labute approximate surface area is 140 Å².